The third-order valence-corrected chi connectivity index (χ3v) is 1.83. The van der Waals surface area contributed by atoms with Gasteiger partial charge in [-0.05, 0) is 36.5 Å². The smallest absolute Gasteiger partial charge is 0.123 e. The maximum atomic E-state index is 12.5. The Balaban J connectivity index is 2.48. The van der Waals surface area contributed by atoms with Crippen LogP contribution in [-0.2, 0) is 6.42 Å². The summed E-state index contributed by atoms with van der Waals surface area (Å²) in [6.07, 6.45) is 2.11. The summed E-state index contributed by atoms with van der Waals surface area (Å²) in [6, 6.07) is 6.72. The van der Waals surface area contributed by atoms with E-state index in [1.165, 1.54) is 23.6 Å². The fourth-order valence-electron chi connectivity index (χ4n) is 1.05. The van der Waals surface area contributed by atoms with Crippen LogP contribution >= 0.6 is 0 Å². The number of rotatable bonds is 3. The summed E-state index contributed by atoms with van der Waals surface area (Å²) in [5.41, 5.74) is 1.21. The van der Waals surface area contributed by atoms with Gasteiger partial charge >= 0.3 is 0 Å². The standard InChI is InChI=1S/C11H14F/c1-9(2)3-4-10-5-7-11(12)8-6-10/h5-8H,3-4H2,1-2H3. The Kier molecular flexibility index (Phi) is 3.27. The largest absolute Gasteiger partial charge is 0.207 e. The summed E-state index contributed by atoms with van der Waals surface area (Å²) in [4.78, 5) is 0. The fourth-order valence-corrected chi connectivity index (χ4v) is 1.05. The van der Waals surface area contributed by atoms with Gasteiger partial charge in [0, 0.05) is 0 Å². The highest BCUT2D eigenvalue weighted by Crippen LogP contribution is 2.10. The molecule has 0 saturated heterocycles. The molecule has 12 heavy (non-hydrogen) atoms. The van der Waals surface area contributed by atoms with Crippen LogP contribution in [0.2, 0.25) is 0 Å². The van der Waals surface area contributed by atoms with E-state index in [1.54, 1.807) is 0 Å². The molecule has 65 valence electrons. The molecule has 0 heterocycles. The zero-order valence-corrected chi connectivity index (χ0v) is 7.60. The fraction of sp³-hybridized carbons (Fsp3) is 0.364. The van der Waals surface area contributed by atoms with Gasteiger partial charge in [-0.2, -0.15) is 0 Å². The quantitative estimate of drug-likeness (QED) is 0.644. The SMILES string of the molecule is C[C](C)CCc1ccc(F)cc1. The second kappa shape index (κ2) is 4.24. The monoisotopic (exact) mass is 165 g/mol. The van der Waals surface area contributed by atoms with Gasteiger partial charge in [-0.15, -0.1) is 0 Å². The van der Waals surface area contributed by atoms with Crippen molar-refractivity contribution in [2.45, 2.75) is 26.7 Å². The van der Waals surface area contributed by atoms with Crippen LogP contribution in [0.3, 0.4) is 0 Å². The first-order valence-electron chi connectivity index (χ1n) is 4.22. The lowest BCUT2D eigenvalue weighted by Crippen LogP contribution is -1.90. The van der Waals surface area contributed by atoms with E-state index >= 15 is 0 Å². The molecule has 0 aliphatic heterocycles. The molecule has 0 amide bonds. The van der Waals surface area contributed by atoms with Crippen molar-refractivity contribution in [1.82, 2.24) is 0 Å². The van der Waals surface area contributed by atoms with E-state index in [0.29, 0.717) is 0 Å². The van der Waals surface area contributed by atoms with Gasteiger partial charge in [-0.3, -0.25) is 0 Å². The van der Waals surface area contributed by atoms with Crippen LogP contribution in [0.15, 0.2) is 24.3 Å². The maximum Gasteiger partial charge on any atom is 0.123 e. The van der Waals surface area contributed by atoms with Gasteiger partial charge < -0.3 is 0 Å². The second-order valence-corrected chi connectivity index (χ2v) is 3.33. The lowest BCUT2D eigenvalue weighted by molar-refractivity contribution is 0.626. The molecule has 0 atom stereocenters. The minimum atomic E-state index is -0.157. The highest BCUT2D eigenvalue weighted by atomic mass is 19.1. The summed E-state index contributed by atoms with van der Waals surface area (Å²) in [6.45, 7) is 4.23. The van der Waals surface area contributed by atoms with Gasteiger partial charge in [-0.1, -0.05) is 26.0 Å². The van der Waals surface area contributed by atoms with Gasteiger partial charge in [0.05, 0.1) is 0 Å². The highest BCUT2D eigenvalue weighted by Gasteiger charge is 1.96. The van der Waals surface area contributed by atoms with Gasteiger partial charge in [0.2, 0.25) is 0 Å². The molecule has 0 spiro atoms. The van der Waals surface area contributed by atoms with Crippen LogP contribution in [0.5, 0.6) is 0 Å². The molecule has 0 aliphatic rings. The van der Waals surface area contributed by atoms with E-state index < -0.39 is 0 Å². The van der Waals surface area contributed by atoms with Crippen molar-refractivity contribution < 1.29 is 4.39 Å². The molecular weight excluding hydrogens is 151 g/mol. The van der Waals surface area contributed by atoms with Crippen LogP contribution in [0.25, 0.3) is 0 Å². The summed E-state index contributed by atoms with van der Waals surface area (Å²) in [5.74, 6) is 1.26. The minimum absolute atomic E-state index is 0.157. The Morgan fingerprint density at radius 1 is 1.17 bits per heavy atom. The third kappa shape index (κ3) is 3.04. The predicted octanol–water partition coefficient (Wildman–Crippen LogP) is 3.37. The summed E-state index contributed by atoms with van der Waals surface area (Å²) in [7, 11) is 0. The van der Waals surface area contributed by atoms with Crippen molar-refractivity contribution in [3.63, 3.8) is 0 Å². The van der Waals surface area contributed by atoms with Crippen LogP contribution < -0.4 is 0 Å². The lowest BCUT2D eigenvalue weighted by Gasteiger charge is -2.03. The zero-order chi connectivity index (χ0) is 8.97. The van der Waals surface area contributed by atoms with Crippen LogP contribution in [0, 0.1) is 11.7 Å². The molecule has 1 rings (SSSR count). The van der Waals surface area contributed by atoms with Gasteiger partial charge in [0.25, 0.3) is 0 Å². The average molecular weight is 165 g/mol. The van der Waals surface area contributed by atoms with Gasteiger partial charge in [0.1, 0.15) is 5.82 Å². The normalized spacial score (nSPS) is 10.7. The summed E-state index contributed by atoms with van der Waals surface area (Å²) < 4.78 is 12.5. The lowest BCUT2D eigenvalue weighted by atomic mass is 10.0. The molecule has 0 N–H and O–H groups in total. The third-order valence-electron chi connectivity index (χ3n) is 1.83. The molecular formula is C11H14F. The van der Waals surface area contributed by atoms with Crippen molar-refractivity contribution in [3.05, 3.63) is 41.6 Å². The van der Waals surface area contributed by atoms with E-state index in [4.69, 9.17) is 0 Å². The minimum Gasteiger partial charge on any atom is -0.207 e. The number of halogens is 1. The number of hydrogen-bond donors (Lipinski definition) is 0. The molecule has 0 bridgehead atoms. The molecule has 0 fully saturated rings. The molecule has 0 saturated carbocycles. The molecule has 1 aromatic rings. The molecule has 0 aromatic heterocycles. The Bertz CT molecular complexity index is 223. The Hall–Kier alpha value is -0.850. The average Bonchev–Trinajstić information content (AvgIpc) is 2.03. The van der Waals surface area contributed by atoms with Crippen LogP contribution in [0.1, 0.15) is 25.8 Å². The van der Waals surface area contributed by atoms with E-state index in [9.17, 15) is 4.39 Å². The van der Waals surface area contributed by atoms with Crippen molar-refractivity contribution in [2.24, 2.45) is 0 Å². The summed E-state index contributed by atoms with van der Waals surface area (Å²) in [5, 5.41) is 0. The van der Waals surface area contributed by atoms with Crippen molar-refractivity contribution in [1.29, 1.82) is 0 Å². The number of aryl methyl sites for hydroxylation is 1. The van der Waals surface area contributed by atoms with Crippen LogP contribution in [0.4, 0.5) is 4.39 Å². The van der Waals surface area contributed by atoms with E-state index in [1.807, 2.05) is 12.1 Å². The van der Waals surface area contributed by atoms with E-state index in [2.05, 4.69) is 13.8 Å². The Morgan fingerprint density at radius 3 is 2.25 bits per heavy atom. The van der Waals surface area contributed by atoms with E-state index in [0.717, 1.165) is 12.8 Å². The van der Waals surface area contributed by atoms with E-state index in [-0.39, 0.29) is 5.82 Å². The van der Waals surface area contributed by atoms with Crippen molar-refractivity contribution in [3.8, 4) is 0 Å². The molecule has 1 radical (unpaired) electrons. The highest BCUT2D eigenvalue weighted by molar-refractivity contribution is 5.16. The number of hydrogen-bond acceptors (Lipinski definition) is 0. The topological polar surface area (TPSA) is 0 Å². The predicted molar refractivity (Wildman–Crippen MR) is 49.3 cm³/mol. The van der Waals surface area contributed by atoms with Gasteiger partial charge in [-0.25, -0.2) is 4.39 Å². The molecule has 0 unspecified atom stereocenters. The van der Waals surface area contributed by atoms with Crippen LogP contribution in [-0.4, -0.2) is 0 Å². The zero-order valence-electron chi connectivity index (χ0n) is 7.60. The molecule has 1 heteroatoms. The maximum absolute atomic E-state index is 12.5. The number of benzene rings is 1. The van der Waals surface area contributed by atoms with Crippen molar-refractivity contribution >= 4 is 0 Å². The first kappa shape index (κ1) is 9.24. The van der Waals surface area contributed by atoms with Crippen molar-refractivity contribution in [2.75, 3.05) is 0 Å². The van der Waals surface area contributed by atoms with Gasteiger partial charge in [0.15, 0.2) is 0 Å². The second-order valence-electron chi connectivity index (χ2n) is 3.33. The first-order chi connectivity index (χ1) is 5.68. The Labute approximate surface area is 73.4 Å². The molecule has 0 nitrogen and oxygen atoms in total. The molecule has 0 aliphatic carbocycles. The molecule has 1 aromatic carbocycles. The summed E-state index contributed by atoms with van der Waals surface area (Å²) >= 11 is 0. The first-order valence-corrected chi connectivity index (χ1v) is 4.22. The Morgan fingerprint density at radius 2 is 1.75 bits per heavy atom.